The molecule has 0 aliphatic carbocycles. The van der Waals surface area contributed by atoms with E-state index in [-0.39, 0.29) is 29.6 Å². The summed E-state index contributed by atoms with van der Waals surface area (Å²) in [6.07, 6.45) is 4.22. The van der Waals surface area contributed by atoms with Crippen molar-refractivity contribution in [2.24, 2.45) is 0 Å². The molecule has 1 aliphatic heterocycles. The fourth-order valence-electron chi connectivity index (χ4n) is 0.802. The van der Waals surface area contributed by atoms with Crippen LogP contribution in [-0.2, 0) is 0 Å². The molecular formula is C5H12NNa. The van der Waals surface area contributed by atoms with Gasteiger partial charge in [0.1, 0.15) is 0 Å². The van der Waals surface area contributed by atoms with Crippen LogP contribution in [0.5, 0.6) is 0 Å². The molecule has 1 fully saturated rings. The molecule has 0 aromatic rings. The van der Waals surface area contributed by atoms with Gasteiger partial charge in [-0.05, 0) is 25.9 Å². The second-order valence-corrected chi connectivity index (χ2v) is 1.81. The third-order valence-corrected chi connectivity index (χ3v) is 1.21. The molecule has 1 aliphatic rings. The molecule has 0 bridgehead atoms. The summed E-state index contributed by atoms with van der Waals surface area (Å²) in [4.78, 5) is 0. The van der Waals surface area contributed by atoms with E-state index in [9.17, 15) is 0 Å². The standard InChI is InChI=1S/C5H11N.Na.H/c1-2-4-6-5-3-1;;/h6H,1-5H2;;. The number of hydrogen-bond donors (Lipinski definition) is 1. The Balaban J connectivity index is 0.000000360. The van der Waals surface area contributed by atoms with E-state index in [4.69, 9.17) is 0 Å². The maximum absolute atomic E-state index is 3.28. The molecule has 1 nitrogen and oxygen atoms in total. The Morgan fingerprint density at radius 1 is 0.857 bits per heavy atom. The summed E-state index contributed by atoms with van der Waals surface area (Å²) in [6, 6.07) is 0. The molecule has 0 amide bonds. The van der Waals surface area contributed by atoms with Gasteiger partial charge in [0.05, 0.1) is 0 Å². The molecule has 0 radical (unpaired) electrons. The first-order valence-electron chi connectivity index (χ1n) is 2.71. The van der Waals surface area contributed by atoms with Crippen LogP contribution in [0, 0.1) is 0 Å². The van der Waals surface area contributed by atoms with Crippen molar-refractivity contribution < 1.29 is 0 Å². The quantitative estimate of drug-likeness (QED) is 0.435. The molecule has 0 atom stereocenters. The van der Waals surface area contributed by atoms with Gasteiger partial charge < -0.3 is 5.32 Å². The molecule has 0 unspecified atom stereocenters. The minimum absolute atomic E-state index is 0. The first-order chi connectivity index (χ1) is 3.00. The number of rotatable bonds is 0. The van der Waals surface area contributed by atoms with Crippen LogP contribution in [0.2, 0.25) is 0 Å². The Kier molecular flexibility index (Phi) is 5.80. The topological polar surface area (TPSA) is 12.0 Å². The zero-order chi connectivity index (χ0) is 4.24. The van der Waals surface area contributed by atoms with Crippen LogP contribution < -0.4 is 5.32 Å². The van der Waals surface area contributed by atoms with E-state index in [0.29, 0.717) is 0 Å². The molecular weight excluding hydrogens is 97.1 g/mol. The van der Waals surface area contributed by atoms with Crippen LogP contribution in [0.1, 0.15) is 19.3 Å². The van der Waals surface area contributed by atoms with Gasteiger partial charge in [-0.25, -0.2) is 0 Å². The Labute approximate surface area is 67.2 Å². The molecule has 7 heavy (non-hydrogen) atoms. The Bertz CT molecular complexity index is 23.6. The van der Waals surface area contributed by atoms with Crippen molar-refractivity contribution in [1.29, 1.82) is 0 Å². The Hall–Kier alpha value is 0.960. The molecule has 0 saturated carbocycles. The van der Waals surface area contributed by atoms with E-state index in [1.165, 1.54) is 32.4 Å². The summed E-state index contributed by atoms with van der Waals surface area (Å²) in [5.74, 6) is 0. The molecule has 2 heteroatoms. The molecule has 1 saturated heterocycles. The predicted octanol–water partition coefficient (Wildman–Crippen LogP) is 0.111. The van der Waals surface area contributed by atoms with Gasteiger partial charge in [0.25, 0.3) is 0 Å². The van der Waals surface area contributed by atoms with Gasteiger partial charge >= 0.3 is 29.6 Å². The second kappa shape index (κ2) is 5.10. The summed E-state index contributed by atoms with van der Waals surface area (Å²) in [5.41, 5.74) is 0. The van der Waals surface area contributed by atoms with Gasteiger partial charge in [-0.3, -0.25) is 0 Å². The van der Waals surface area contributed by atoms with Crippen molar-refractivity contribution in [3.63, 3.8) is 0 Å². The summed E-state index contributed by atoms with van der Waals surface area (Å²) >= 11 is 0. The van der Waals surface area contributed by atoms with E-state index in [1.54, 1.807) is 0 Å². The number of nitrogens with one attached hydrogen (secondary N) is 1. The first kappa shape index (κ1) is 7.96. The van der Waals surface area contributed by atoms with Gasteiger partial charge in [-0.2, -0.15) is 0 Å². The van der Waals surface area contributed by atoms with Crippen LogP contribution in [0.4, 0.5) is 0 Å². The summed E-state index contributed by atoms with van der Waals surface area (Å²) in [6.45, 7) is 2.50. The molecule has 0 spiro atoms. The van der Waals surface area contributed by atoms with Crippen molar-refractivity contribution >= 4 is 29.6 Å². The normalized spacial score (nSPS) is 20.6. The van der Waals surface area contributed by atoms with E-state index in [2.05, 4.69) is 5.32 Å². The Morgan fingerprint density at radius 3 is 1.57 bits per heavy atom. The fraction of sp³-hybridized carbons (Fsp3) is 1.00. The second-order valence-electron chi connectivity index (χ2n) is 1.81. The van der Waals surface area contributed by atoms with Crippen molar-refractivity contribution in [2.75, 3.05) is 13.1 Å². The zero-order valence-electron chi connectivity index (χ0n) is 4.04. The van der Waals surface area contributed by atoms with Crippen LogP contribution in [0.15, 0.2) is 0 Å². The van der Waals surface area contributed by atoms with Crippen molar-refractivity contribution in [2.45, 2.75) is 19.3 Å². The monoisotopic (exact) mass is 109 g/mol. The van der Waals surface area contributed by atoms with E-state index in [0.717, 1.165) is 0 Å². The van der Waals surface area contributed by atoms with Crippen molar-refractivity contribution in [1.82, 2.24) is 5.32 Å². The SMILES string of the molecule is C1CCNCC1.[NaH]. The minimum atomic E-state index is 0. The van der Waals surface area contributed by atoms with Crippen molar-refractivity contribution in [3.8, 4) is 0 Å². The van der Waals surface area contributed by atoms with E-state index < -0.39 is 0 Å². The zero-order valence-corrected chi connectivity index (χ0v) is 4.04. The summed E-state index contributed by atoms with van der Waals surface area (Å²) in [5, 5.41) is 3.28. The predicted molar refractivity (Wildman–Crippen MR) is 33.9 cm³/mol. The van der Waals surface area contributed by atoms with Gasteiger partial charge in [-0.1, -0.05) is 6.42 Å². The third kappa shape index (κ3) is 3.53. The first-order valence-corrected chi connectivity index (χ1v) is 2.71. The van der Waals surface area contributed by atoms with Gasteiger partial charge in [0, 0.05) is 0 Å². The summed E-state index contributed by atoms with van der Waals surface area (Å²) in [7, 11) is 0. The number of piperidine rings is 1. The maximum atomic E-state index is 3.28. The third-order valence-electron chi connectivity index (χ3n) is 1.21. The number of hydrogen-bond acceptors (Lipinski definition) is 1. The average molecular weight is 109 g/mol. The molecule has 0 aromatic heterocycles. The van der Waals surface area contributed by atoms with E-state index in [1.807, 2.05) is 0 Å². The molecule has 1 heterocycles. The van der Waals surface area contributed by atoms with Gasteiger partial charge in [0.2, 0.25) is 0 Å². The van der Waals surface area contributed by atoms with Gasteiger partial charge in [0.15, 0.2) is 0 Å². The van der Waals surface area contributed by atoms with Crippen LogP contribution in [0.3, 0.4) is 0 Å². The van der Waals surface area contributed by atoms with E-state index >= 15 is 0 Å². The average Bonchev–Trinajstić information content (AvgIpc) is 1.72. The fourth-order valence-corrected chi connectivity index (χ4v) is 0.802. The summed E-state index contributed by atoms with van der Waals surface area (Å²) < 4.78 is 0. The molecule has 38 valence electrons. The van der Waals surface area contributed by atoms with Crippen molar-refractivity contribution in [3.05, 3.63) is 0 Å². The Morgan fingerprint density at radius 2 is 1.43 bits per heavy atom. The molecule has 0 aromatic carbocycles. The van der Waals surface area contributed by atoms with Crippen LogP contribution in [0.25, 0.3) is 0 Å². The van der Waals surface area contributed by atoms with Crippen LogP contribution in [-0.4, -0.2) is 42.6 Å². The molecule has 1 rings (SSSR count). The molecule has 1 N–H and O–H groups in total. The van der Waals surface area contributed by atoms with Crippen LogP contribution >= 0.6 is 0 Å². The van der Waals surface area contributed by atoms with Gasteiger partial charge in [-0.15, -0.1) is 0 Å².